The summed E-state index contributed by atoms with van der Waals surface area (Å²) >= 11 is 0. The van der Waals surface area contributed by atoms with E-state index in [9.17, 15) is 8.42 Å². The zero-order chi connectivity index (χ0) is 18.3. The first kappa shape index (κ1) is 23.0. The maximum atomic E-state index is 11.5. The molecule has 1 heterocycles. The average Bonchev–Trinajstić information content (AvgIpc) is 2.62. The van der Waals surface area contributed by atoms with E-state index in [-0.39, 0.29) is 24.0 Å². The molecule has 148 valence electrons. The fourth-order valence-corrected chi connectivity index (χ4v) is 3.71. The van der Waals surface area contributed by atoms with E-state index in [1.165, 1.54) is 6.26 Å². The first-order valence-electron chi connectivity index (χ1n) is 8.45. The molecule has 0 spiro atoms. The molecule has 0 bridgehead atoms. The highest BCUT2D eigenvalue weighted by atomic mass is 127. The normalized spacial score (nSPS) is 16.7. The third-order valence-electron chi connectivity index (χ3n) is 4.44. The second-order valence-electron chi connectivity index (χ2n) is 6.26. The summed E-state index contributed by atoms with van der Waals surface area (Å²) in [4.78, 5) is 4.24. The van der Waals surface area contributed by atoms with E-state index >= 15 is 0 Å². The van der Waals surface area contributed by atoms with Crippen molar-refractivity contribution in [2.75, 3.05) is 40.0 Å². The molecule has 1 fully saturated rings. The number of nitrogens with zero attached hydrogens (tertiary/aromatic N) is 2. The lowest BCUT2D eigenvalue weighted by Gasteiger charge is -2.30. The number of methoxy groups -OCH3 is 1. The number of piperidine rings is 1. The number of aliphatic imine (C=N–C) groups is 1. The van der Waals surface area contributed by atoms with E-state index in [0.29, 0.717) is 25.6 Å². The Labute approximate surface area is 173 Å². The second kappa shape index (κ2) is 10.9. The molecule has 7 nitrogen and oxygen atoms in total. The van der Waals surface area contributed by atoms with E-state index in [1.807, 2.05) is 24.3 Å². The van der Waals surface area contributed by atoms with Gasteiger partial charge in [0.15, 0.2) is 5.96 Å². The van der Waals surface area contributed by atoms with Crippen LogP contribution in [0.3, 0.4) is 0 Å². The van der Waals surface area contributed by atoms with Crippen molar-refractivity contribution in [2.45, 2.75) is 19.4 Å². The summed E-state index contributed by atoms with van der Waals surface area (Å²) in [5.74, 6) is 2.05. The largest absolute Gasteiger partial charge is 0.497 e. The van der Waals surface area contributed by atoms with Crippen LogP contribution in [-0.4, -0.2) is 58.7 Å². The molecule has 2 N–H and O–H groups in total. The summed E-state index contributed by atoms with van der Waals surface area (Å²) < 4.78 is 29.8. The van der Waals surface area contributed by atoms with Crippen LogP contribution in [0.1, 0.15) is 18.4 Å². The summed E-state index contributed by atoms with van der Waals surface area (Å²) in [7, 11) is 0.336. The van der Waals surface area contributed by atoms with Crippen molar-refractivity contribution in [3.8, 4) is 5.75 Å². The van der Waals surface area contributed by atoms with Gasteiger partial charge in [-0.3, -0.25) is 4.99 Å². The van der Waals surface area contributed by atoms with Crippen LogP contribution in [0.25, 0.3) is 0 Å². The summed E-state index contributed by atoms with van der Waals surface area (Å²) in [6, 6.07) is 7.89. The number of rotatable bonds is 6. The number of hydrogen-bond acceptors (Lipinski definition) is 4. The van der Waals surface area contributed by atoms with Gasteiger partial charge in [-0.15, -0.1) is 24.0 Å². The lowest BCUT2D eigenvalue weighted by molar-refractivity contribution is 0.275. The van der Waals surface area contributed by atoms with Crippen molar-refractivity contribution in [1.29, 1.82) is 0 Å². The van der Waals surface area contributed by atoms with Crippen molar-refractivity contribution >= 4 is 40.0 Å². The van der Waals surface area contributed by atoms with Crippen LogP contribution >= 0.6 is 24.0 Å². The quantitative estimate of drug-likeness (QED) is 0.356. The van der Waals surface area contributed by atoms with Crippen LogP contribution in [0.2, 0.25) is 0 Å². The minimum Gasteiger partial charge on any atom is -0.497 e. The van der Waals surface area contributed by atoms with Gasteiger partial charge in [0.25, 0.3) is 0 Å². The lowest BCUT2D eigenvalue weighted by atomic mass is 9.98. The van der Waals surface area contributed by atoms with Crippen LogP contribution < -0.4 is 15.4 Å². The van der Waals surface area contributed by atoms with Gasteiger partial charge in [-0.2, -0.15) is 0 Å². The van der Waals surface area contributed by atoms with Crippen molar-refractivity contribution in [3.05, 3.63) is 29.8 Å². The van der Waals surface area contributed by atoms with Crippen molar-refractivity contribution < 1.29 is 13.2 Å². The first-order valence-corrected chi connectivity index (χ1v) is 10.3. The lowest BCUT2D eigenvalue weighted by Crippen LogP contribution is -2.43. The summed E-state index contributed by atoms with van der Waals surface area (Å²) in [5.41, 5.74) is 1.14. The molecule has 0 unspecified atom stereocenters. The zero-order valence-electron chi connectivity index (χ0n) is 15.6. The maximum Gasteiger partial charge on any atom is 0.211 e. The fourth-order valence-electron chi connectivity index (χ4n) is 2.84. The number of ether oxygens (including phenoxy) is 1. The predicted octanol–water partition coefficient (Wildman–Crippen LogP) is 1.65. The third kappa shape index (κ3) is 7.28. The molecule has 1 aliphatic heterocycles. The van der Waals surface area contributed by atoms with Gasteiger partial charge in [-0.1, -0.05) is 12.1 Å². The van der Waals surface area contributed by atoms with Crippen LogP contribution in [0.4, 0.5) is 0 Å². The van der Waals surface area contributed by atoms with Crippen molar-refractivity contribution in [2.24, 2.45) is 10.9 Å². The molecule has 0 aromatic heterocycles. The highest BCUT2D eigenvalue weighted by Gasteiger charge is 2.24. The fraction of sp³-hybridized carbons (Fsp3) is 0.588. The minimum absolute atomic E-state index is 0. The first-order chi connectivity index (χ1) is 11.9. The Balaban J connectivity index is 0.00000338. The molecule has 0 aliphatic carbocycles. The second-order valence-corrected chi connectivity index (χ2v) is 8.24. The molecule has 0 amide bonds. The monoisotopic (exact) mass is 496 g/mol. The Morgan fingerprint density at radius 1 is 1.23 bits per heavy atom. The van der Waals surface area contributed by atoms with Gasteiger partial charge in [0.05, 0.1) is 13.4 Å². The Morgan fingerprint density at radius 2 is 1.85 bits per heavy atom. The van der Waals surface area contributed by atoms with E-state index in [0.717, 1.165) is 36.7 Å². The average molecular weight is 496 g/mol. The van der Waals surface area contributed by atoms with Crippen LogP contribution in [0, 0.1) is 5.92 Å². The van der Waals surface area contributed by atoms with Gasteiger partial charge in [0, 0.05) is 33.2 Å². The van der Waals surface area contributed by atoms with Crippen molar-refractivity contribution in [1.82, 2.24) is 14.9 Å². The molecule has 9 heteroatoms. The molecule has 0 atom stereocenters. The van der Waals surface area contributed by atoms with Gasteiger partial charge in [0.2, 0.25) is 10.0 Å². The maximum absolute atomic E-state index is 11.5. The minimum atomic E-state index is -3.06. The van der Waals surface area contributed by atoms with Crippen LogP contribution in [0.15, 0.2) is 29.3 Å². The summed E-state index contributed by atoms with van der Waals surface area (Å²) in [6.45, 7) is 2.67. The van der Waals surface area contributed by atoms with Gasteiger partial charge >= 0.3 is 0 Å². The SMILES string of the molecule is CN=C(NCc1ccc(OC)cc1)NCC1CCN(S(C)(=O)=O)CC1.I. The van der Waals surface area contributed by atoms with Gasteiger partial charge in [-0.05, 0) is 36.5 Å². The van der Waals surface area contributed by atoms with Gasteiger partial charge < -0.3 is 15.4 Å². The number of nitrogens with one attached hydrogen (secondary N) is 2. The molecule has 1 saturated heterocycles. The van der Waals surface area contributed by atoms with Crippen LogP contribution in [-0.2, 0) is 16.6 Å². The molecule has 0 saturated carbocycles. The zero-order valence-corrected chi connectivity index (χ0v) is 18.7. The predicted molar refractivity (Wildman–Crippen MR) is 116 cm³/mol. The smallest absolute Gasteiger partial charge is 0.211 e. The highest BCUT2D eigenvalue weighted by molar-refractivity contribution is 14.0. The number of hydrogen-bond donors (Lipinski definition) is 2. The summed E-state index contributed by atoms with van der Waals surface area (Å²) in [5, 5.41) is 6.62. The number of guanidine groups is 1. The standard InChI is InChI=1S/C17H28N4O3S.HI/c1-18-17(19-12-14-4-6-16(24-2)7-5-14)20-13-15-8-10-21(11-9-15)25(3,22)23;/h4-7,15H,8-13H2,1-3H3,(H2,18,19,20);1H. The Morgan fingerprint density at radius 3 is 2.35 bits per heavy atom. The molecule has 1 aromatic carbocycles. The molecule has 26 heavy (non-hydrogen) atoms. The highest BCUT2D eigenvalue weighted by Crippen LogP contribution is 2.18. The molecule has 2 rings (SSSR count). The number of halogens is 1. The molecule has 1 aromatic rings. The van der Waals surface area contributed by atoms with Gasteiger partial charge in [0.1, 0.15) is 5.75 Å². The van der Waals surface area contributed by atoms with Gasteiger partial charge in [-0.25, -0.2) is 12.7 Å². The van der Waals surface area contributed by atoms with E-state index in [2.05, 4.69) is 15.6 Å². The molecule has 1 aliphatic rings. The molecule has 0 radical (unpaired) electrons. The third-order valence-corrected chi connectivity index (χ3v) is 5.75. The van der Waals surface area contributed by atoms with E-state index in [1.54, 1.807) is 18.5 Å². The molecular weight excluding hydrogens is 467 g/mol. The Hall–Kier alpha value is -1.07. The number of benzene rings is 1. The van der Waals surface area contributed by atoms with Crippen LogP contribution in [0.5, 0.6) is 5.75 Å². The topological polar surface area (TPSA) is 83.0 Å². The molecular formula is C17H29IN4O3S. The summed E-state index contributed by atoms with van der Waals surface area (Å²) in [6.07, 6.45) is 3.02. The Bertz CT molecular complexity index is 672. The van der Waals surface area contributed by atoms with Crippen molar-refractivity contribution in [3.63, 3.8) is 0 Å². The Kier molecular flexibility index (Phi) is 9.66. The van der Waals surface area contributed by atoms with E-state index < -0.39 is 10.0 Å². The van der Waals surface area contributed by atoms with E-state index in [4.69, 9.17) is 4.74 Å². The number of sulfonamides is 1.